The molecule has 0 aromatic carbocycles. The summed E-state index contributed by atoms with van der Waals surface area (Å²) in [6.07, 6.45) is 0.555. The van der Waals surface area contributed by atoms with Crippen molar-refractivity contribution < 1.29 is 19.5 Å². The summed E-state index contributed by atoms with van der Waals surface area (Å²) in [5.41, 5.74) is 0. The van der Waals surface area contributed by atoms with E-state index in [1.54, 1.807) is 13.8 Å². The number of likely N-dealkylation sites (tertiary alicyclic amines) is 1. The molecule has 6 heteroatoms. The first kappa shape index (κ1) is 14.0. The number of hydrogen-bond acceptors (Lipinski definition) is 4. The summed E-state index contributed by atoms with van der Waals surface area (Å²) in [6, 6.07) is -0.876. The second-order valence-corrected chi connectivity index (χ2v) is 5.82. The van der Waals surface area contributed by atoms with Crippen molar-refractivity contribution >= 4 is 28.8 Å². The molecule has 0 bridgehead atoms. The van der Waals surface area contributed by atoms with Crippen LogP contribution in [0.5, 0.6) is 0 Å². The van der Waals surface area contributed by atoms with Crippen molar-refractivity contribution in [3.05, 3.63) is 0 Å². The van der Waals surface area contributed by atoms with Gasteiger partial charge < -0.3 is 10.0 Å². The molecule has 1 heterocycles. The first-order chi connectivity index (χ1) is 7.84. The van der Waals surface area contributed by atoms with E-state index in [-0.39, 0.29) is 22.2 Å². The second kappa shape index (κ2) is 5.53. The van der Waals surface area contributed by atoms with Crippen molar-refractivity contribution in [2.24, 2.45) is 5.92 Å². The van der Waals surface area contributed by atoms with Gasteiger partial charge in [0.05, 0.1) is 0 Å². The van der Waals surface area contributed by atoms with E-state index in [1.165, 1.54) is 11.8 Å². The lowest BCUT2D eigenvalue weighted by atomic mass is 10.1. The van der Waals surface area contributed by atoms with Crippen molar-refractivity contribution in [1.82, 2.24) is 4.90 Å². The van der Waals surface area contributed by atoms with Gasteiger partial charge >= 0.3 is 5.97 Å². The topological polar surface area (TPSA) is 74.7 Å². The quantitative estimate of drug-likeness (QED) is 0.817. The van der Waals surface area contributed by atoms with Gasteiger partial charge in [0.25, 0.3) is 0 Å². The van der Waals surface area contributed by atoms with Crippen LogP contribution < -0.4 is 0 Å². The molecular formula is C11H17NO4S. The molecule has 1 amide bonds. The van der Waals surface area contributed by atoms with E-state index in [0.29, 0.717) is 13.0 Å². The van der Waals surface area contributed by atoms with Crippen LogP contribution in [0.15, 0.2) is 0 Å². The van der Waals surface area contributed by atoms with Crippen LogP contribution in [0.25, 0.3) is 0 Å². The third-order valence-electron chi connectivity index (χ3n) is 2.69. The van der Waals surface area contributed by atoms with Gasteiger partial charge in [-0.25, -0.2) is 4.79 Å². The number of hydrogen-bond donors (Lipinski definition) is 1. The summed E-state index contributed by atoms with van der Waals surface area (Å²) in [5, 5.41) is 8.74. The molecule has 1 saturated heterocycles. The first-order valence-corrected chi connectivity index (χ1v) is 6.43. The average Bonchev–Trinajstić information content (AvgIpc) is 2.58. The van der Waals surface area contributed by atoms with E-state index in [9.17, 15) is 19.5 Å². The van der Waals surface area contributed by atoms with Crippen molar-refractivity contribution in [2.75, 3.05) is 6.54 Å². The molecule has 5 nitrogen and oxygen atoms in total. The van der Waals surface area contributed by atoms with Crippen molar-refractivity contribution in [1.29, 1.82) is 0 Å². The fourth-order valence-electron chi connectivity index (χ4n) is 1.97. The number of aliphatic carboxylic acids is 1. The molecule has 0 aromatic rings. The Labute approximate surface area is 105 Å². The molecule has 1 N–H and O–H groups in total. The van der Waals surface area contributed by atoms with Gasteiger partial charge in [-0.05, 0) is 6.42 Å². The number of thioether (sulfide) groups is 1. The minimum absolute atomic E-state index is 0.111. The predicted molar refractivity (Wildman–Crippen MR) is 64.7 cm³/mol. The molecule has 2 atom stereocenters. The lowest BCUT2D eigenvalue weighted by molar-refractivity contribution is -0.149. The summed E-state index contributed by atoms with van der Waals surface area (Å²) < 4.78 is 0. The zero-order chi connectivity index (χ0) is 13.2. The van der Waals surface area contributed by atoms with Crippen LogP contribution in [-0.2, 0) is 14.4 Å². The Kier molecular flexibility index (Phi) is 4.56. The van der Waals surface area contributed by atoms with Gasteiger partial charge in [0.2, 0.25) is 5.91 Å². The van der Waals surface area contributed by atoms with Crippen molar-refractivity contribution in [2.45, 2.75) is 38.5 Å². The molecule has 0 aromatic heterocycles. The highest BCUT2D eigenvalue weighted by Gasteiger charge is 2.43. The van der Waals surface area contributed by atoms with E-state index in [2.05, 4.69) is 0 Å². The number of rotatable bonds is 3. The number of nitrogens with zero attached hydrogens (tertiary/aromatic N) is 1. The molecule has 96 valence electrons. The van der Waals surface area contributed by atoms with Crippen LogP contribution in [0.1, 0.15) is 27.2 Å². The Bertz CT molecular complexity index is 342. The van der Waals surface area contributed by atoms with Crippen LogP contribution in [0.3, 0.4) is 0 Å². The minimum atomic E-state index is -1.03. The molecule has 1 aliphatic rings. The number of carbonyl (C=O) groups excluding carboxylic acids is 2. The van der Waals surface area contributed by atoms with E-state index >= 15 is 0 Å². The standard InChI is InChI=1S/C11H17NO4S/c1-6(2)10(14)12-5-4-8(17-7(3)13)9(12)11(15)16/h6,8-9H,4-5H2,1-3H3,(H,15,16)/t8?,9-/m1/s1. The Hall–Kier alpha value is -1.04. The fraction of sp³-hybridized carbons (Fsp3) is 0.727. The zero-order valence-corrected chi connectivity index (χ0v) is 11.0. The summed E-state index contributed by atoms with van der Waals surface area (Å²) >= 11 is 1.02. The van der Waals surface area contributed by atoms with Crippen molar-refractivity contribution in [3.8, 4) is 0 Å². The maximum absolute atomic E-state index is 11.9. The van der Waals surface area contributed by atoms with Gasteiger partial charge in [-0.1, -0.05) is 25.6 Å². The van der Waals surface area contributed by atoms with Gasteiger partial charge in [0.15, 0.2) is 5.12 Å². The summed E-state index contributed by atoms with van der Waals surface area (Å²) in [4.78, 5) is 35.5. The van der Waals surface area contributed by atoms with Crippen LogP contribution in [0.2, 0.25) is 0 Å². The highest BCUT2D eigenvalue weighted by molar-refractivity contribution is 8.14. The Balaban J connectivity index is 2.84. The number of carbonyl (C=O) groups is 3. The zero-order valence-electron chi connectivity index (χ0n) is 10.2. The summed E-state index contributed by atoms with van der Waals surface area (Å²) in [5.74, 6) is -1.42. The van der Waals surface area contributed by atoms with Crippen molar-refractivity contribution in [3.63, 3.8) is 0 Å². The van der Waals surface area contributed by atoms with Crippen LogP contribution in [0, 0.1) is 5.92 Å². The third kappa shape index (κ3) is 3.21. The van der Waals surface area contributed by atoms with E-state index < -0.39 is 12.0 Å². The first-order valence-electron chi connectivity index (χ1n) is 5.55. The molecule has 0 radical (unpaired) electrons. The maximum atomic E-state index is 11.9. The van der Waals surface area contributed by atoms with E-state index in [1.807, 2.05) is 0 Å². The largest absolute Gasteiger partial charge is 0.480 e. The van der Waals surface area contributed by atoms with E-state index in [0.717, 1.165) is 11.8 Å². The lowest BCUT2D eigenvalue weighted by Crippen LogP contribution is -2.46. The number of carboxylic acid groups (broad SMARTS) is 1. The lowest BCUT2D eigenvalue weighted by Gasteiger charge is -2.25. The van der Waals surface area contributed by atoms with Gasteiger partial charge in [-0.15, -0.1) is 0 Å². The number of amides is 1. The molecule has 17 heavy (non-hydrogen) atoms. The fourth-order valence-corrected chi connectivity index (χ4v) is 3.01. The molecule has 1 fully saturated rings. The minimum Gasteiger partial charge on any atom is -0.480 e. The molecule has 1 unspecified atom stereocenters. The Morgan fingerprint density at radius 1 is 1.35 bits per heavy atom. The maximum Gasteiger partial charge on any atom is 0.327 e. The Morgan fingerprint density at radius 2 is 1.94 bits per heavy atom. The highest BCUT2D eigenvalue weighted by Crippen LogP contribution is 2.30. The molecule has 1 rings (SSSR count). The van der Waals surface area contributed by atoms with E-state index in [4.69, 9.17) is 0 Å². The normalized spacial score (nSPS) is 24.1. The van der Waals surface area contributed by atoms with Gasteiger partial charge in [0.1, 0.15) is 6.04 Å². The molecule has 1 aliphatic heterocycles. The summed E-state index contributed by atoms with van der Waals surface area (Å²) in [6.45, 7) is 5.31. The third-order valence-corrected chi connectivity index (χ3v) is 3.82. The van der Waals surface area contributed by atoms with Gasteiger partial charge in [0, 0.05) is 24.6 Å². The molecule has 0 saturated carbocycles. The molecular weight excluding hydrogens is 242 g/mol. The van der Waals surface area contributed by atoms with Crippen LogP contribution in [0.4, 0.5) is 0 Å². The monoisotopic (exact) mass is 259 g/mol. The summed E-state index contributed by atoms with van der Waals surface area (Å²) in [7, 11) is 0. The SMILES string of the molecule is CC(=O)SC1CCN(C(=O)C(C)C)[C@H]1C(=O)O. The number of carboxylic acids is 1. The van der Waals surface area contributed by atoms with Crippen LogP contribution in [-0.4, -0.2) is 44.8 Å². The average molecular weight is 259 g/mol. The second-order valence-electron chi connectivity index (χ2n) is 4.41. The predicted octanol–water partition coefficient (Wildman–Crippen LogP) is 0.976. The van der Waals surface area contributed by atoms with Gasteiger partial charge in [-0.3, -0.25) is 9.59 Å². The van der Waals surface area contributed by atoms with Crippen LogP contribution >= 0.6 is 11.8 Å². The Morgan fingerprint density at radius 3 is 2.35 bits per heavy atom. The molecule has 0 aliphatic carbocycles. The smallest absolute Gasteiger partial charge is 0.327 e. The van der Waals surface area contributed by atoms with Gasteiger partial charge in [-0.2, -0.15) is 0 Å². The molecule has 0 spiro atoms. The highest BCUT2D eigenvalue weighted by atomic mass is 32.2.